The number of aryl methyl sites for hydroxylation is 1. The Morgan fingerprint density at radius 2 is 1.76 bits per heavy atom. The lowest BCUT2D eigenvalue weighted by Gasteiger charge is -2.21. The van der Waals surface area contributed by atoms with Gasteiger partial charge in [0, 0.05) is 18.9 Å². The van der Waals surface area contributed by atoms with Crippen molar-refractivity contribution >= 4 is 17.5 Å². The van der Waals surface area contributed by atoms with E-state index in [9.17, 15) is 9.59 Å². The molecule has 0 radical (unpaired) electrons. The Kier molecular flexibility index (Phi) is 6.65. The second-order valence-corrected chi connectivity index (χ2v) is 7.62. The van der Waals surface area contributed by atoms with Crippen LogP contribution in [0.2, 0.25) is 0 Å². The van der Waals surface area contributed by atoms with Crippen molar-refractivity contribution in [2.24, 2.45) is 5.16 Å². The molecule has 0 aliphatic carbocycles. The molecule has 152 valence electrons. The zero-order chi connectivity index (χ0) is 20.8. The minimum atomic E-state index is -0.739. The van der Waals surface area contributed by atoms with E-state index in [1.807, 2.05) is 75.4 Å². The third-order valence-electron chi connectivity index (χ3n) is 4.69. The fraction of sp³-hybridized carbons (Fsp3) is 0.348. The summed E-state index contributed by atoms with van der Waals surface area (Å²) in [5.41, 5.74) is 3.80. The number of hydrogen-bond donors (Lipinski definition) is 2. The van der Waals surface area contributed by atoms with Gasteiger partial charge in [-0.15, -0.1) is 0 Å². The Hall–Kier alpha value is -3.15. The van der Waals surface area contributed by atoms with Crippen LogP contribution in [-0.2, 0) is 20.8 Å². The van der Waals surface area contributed by atoms with Crippen molar-refractivity contribution in [3.05, 3.63) is 71.3 Å². The van der Waals surface area contributed by atoms with Gasteiger partial charge in [0.05, 0.1) is 5.71 Å². The first-order valence-corrected chi connectivity index (χ1v) is 9.87. The van der Waals surface area contributed by atoms with Gasteiger partial charge in [0.25, 0.3) is 5.91 Å². The van der Waals surface area contributed by atoms with Gasteiger partial charge >= 0.3 is 0 Å². The minimum absolute atomic E-state index is 0.0168. The lowest BCUT2D eigenvalue weighted by molar-refractivity contribution is -0.135. The fourth-order valence-electron chi connectivity index (χ4n) is 3.14. The van der Waals surface area contributed by atoms with Crippen molar-refractivity contribution in [2.45, 2.75) is 51.8 Å². The summed E-state index contributed by atoms with van der Waals surface area (Å²) in [5.74, 6) is -0.550. The van der Waals surface area contributed by atoms with Crippen LogP contribution in [0.3, 0.4) is 0 Å². The number of amides is 2. The third kappa shape index (κ3) is 5.67. The molecule has 0 bridgehead atoms. The number of rotatable bonds is 7. The van der Waals surface area contributed by atoms with Crippen molar-refractivity contribution in [3.63, 3.8) is 0 Å². The number of carbonyl (C=O) groups excluding carboxylic acids is 2. The van der Waals surface area contributed by atoms with Gasteiger partial charge in [0.1, 0.15) is 6.04 Å². The molecule has 2 aromatic carbocycles. The Bertz CT molecular complexity index is 876. The van der Waals surface area contributed by atoms with E-state index >= 15 is 0 Å². The van der Waals surface area contributed by atoms with E-state index in [1.54, 1.807) is 0 Å². The van der Waals surface area contributed by atoms with Gasteiger partial charge in [-0.05, 0) is 31.9 Å². The lowest BCUT2D eigenvalue weighted by Crippen LogP contribution is -2.52. The van der Waals surface area contributed by atoms with Gasteiger partial charge in [0.15, 0.2) is 0 Å². The number of benzene rings is 2. The largest absolute Gasteiger partial charge is 0.382 e. The first kappa shape index (κ1) is 20.6. The molecular weight excluding hydrogens is 366 g/mol. The average molecular weight is 393 g/mol. The quantitative estimate of drug-likeness (QED) is 0.759. The molecule has 6 heteroatoms. The molecule has 2 aromatic rings. The molecule has 0 saturated heterocycles. The summed E-state index contributed by atoms with van der Waals surface area (Å²) in [7, 11) is 0. The predicted octanol–water partition coefficient (Wildman–Crippen LogP) is 2.74. The predicted molar refractivity (Wildman–Crippen MR) is 113 cm³/mol. The highest BCUT2D eigenvalue weighted by Crippen LogP contribution is 2.18. The van der Waals surface area contributed by atoms with Gasteiger partial charge in [-0.25, -0.2) is 0 Å². The standard InChI is InChI=1S/C23H27N3O3/c1-15(2)24-22(27)20(13-17-7-5-4-6-8-17)25-23(28)21-14-19(26-29-21)18-11-9-16(3)10-12-18/h4-12,15,20-21H,13-14H2,1-3H3,(H,24,27)(H,25,28)/t20-,21+/m0/s1. The molecule has 3 rings (SSSR count). The van der Waals surface area contributed by atoms with Crippen LogP contribution in [0.4, 0.5) is 0 Å². The van der Waals surface area contributed by atoms with Crippen molar-refractivity contribution in [3.8, 4) is 0 Å². The summed E-state index contributed by atoms with van der Waals surface area (Å²) in [4.78, 5) is 30.8. The SMILES string of the molecule is Cc1ccc(C2=NO[C@@H](C(=O)N[C@@H](Cc3ccccc3)C(=O)NC(C)C)C2)cc1. The summed E-state index contributed by atoms with van der Waals surface area (Å²) in [6.07, 6.45) is 0.0406. The average Bonchev–Trinajstić information content (AvgIpc) is 3.18. The second kappa shape index (κ2) is 9.37. The van der Waals surface area contributed by atoms with Gasteiger partial charge in [0.2, 0.25) is 12.0 Å². The smallest absolute Gasteiger partial charge is 0.265 e. The first-order chi connectivity index (χ1) is 13.9. The highest BCUT2D eigenvalue weighted by atomic mass is 16.6. The van der Waals surface area contributed by atoms with Crippen LogP contribution in [0.1, 0.15) is 37.0 Å². The summed E-state index contributed by atoms with van der Waals surface area (Å²) in [5, 5.41) is 9.80. The molecule has 0 saturated carbocycles. The van der Waals surface area contributed by atoms with E-state index in [0.717, 1.165) is 22.4 Å². The third-order valence-corrected chi connectivity index (χ3v) is 4.69. The molecule has 1 aliphatic heterocycles. The van der Waals surface area contributed by atoms with Crippen LogP contribution in [-0.4, -0.2) is 35.7 Å². The van der Waals surface area contributed by atoms with Crippen molar-refractivity contribution < 1.29 is 14.4 Å². The lowest BCUT2D eigenvalue weighted by atomic mass is 10.0. The van der Waals surface area contributed by atoms with E-state index in [2.05, 4.69) is 15.8 Å². The zero-order valence-corrected chi connectivity index (χ0v) is 17.0. The molecule has 1 heterocycles. The Balaban J connectivity index is 1.65. The molecule has 0 spiro atoms. The van der Waals surface area contributed by atoms with Gasteiger partial charge in [-0.2, -0.15) is 0 Å². The maximum absolute atomic E-state index is 12.8. The van der Waals surface area contributed by atoms with Crippen LogP contribution in [0.15, 0.2) is 59.8 Å². The molecule has 0 aromatic heterocycles. The summed E-state index contributed by atoms with van der Waals surface area (Å²) in [6, 6.07) is 16.8. The van der Waals surface area contributed by atoms with Crippen LogP contribution >= 0.6 is 0 Å². The van der Waals surface area contributed by atoms with Gasteiger partial charge in [-0.1, -0.05) is 65.3 Å². The van der Waals surface area contributed by atoms with Crippen molar-refractivity contribution in [1.82, 2.24) is 10.6 Å². The van der Waals surface area contributed by atoms with Crippen molar-refractivity contribution in [1.29, 1.82) is 0 Å². The molecule has 6 nitrogen and oxygen atoms in total. The molecule has 0 unspecified atom stereocenters. The number of nitrogens with zero attached hydrogens (tertiary/aromatic N) is 1. The summed E-state index contributed by atoms with van der Waals surface area (Å²) >= 11 is 0. The number of carbonyl (C=O) groups is 2. The Morgan fingerprint density at radius 3 is 2.41 bits per heavy atom. The van der Waals surface area contributed by atoms with Crippen LogP contribution in [0.5, 0.6) is 0 Å². The Labute approximate surface area is 171 Å². The number of hydrogen-bond acceptors (Lipinski definition) is 4. The van der Waals surface area contributed by atoms with E-state index in [4.69, 9.17) is 4.84 Å². The number of oxime groups is 1. The topological polar surface area (TPSA) is 79.8 Å². The summed E-state index contributed by atoms with van der Waals surface area (Å²) < 4.78 is 0. The molecule has 29 heavy (non-hydrogen) atoms. The van der Waals surface area contributed by atoms with Crippen LogP contribution in [0.25, 0.3) is 0 Å². The monoisotopic (exact) mass is 393 g/mol. The molecule has 2 atom stereocenters. The highest BCUT2D eigenvalue weighted by Gasteiger charge is 2.32. The normalized spacial score (nSPS) is 16.7. The van der Waals surface area contributed by atoms with E-state index in [0.29, 0.717) is 12.8 Å². The van der Waals surface area contributed by atoms with E-state index in [1.165, 1.54) is 0 Å². The van der Waals surface area contributed by atoms with Gasteiger partial charge < -0.3 is 15.5 Å². The molecule has 2 N–H and O–H groups in total. The molecular formula is C23H27N3O3. The minimum Gasteiger partial charge on any atom is -0.382 e. The maximum atomic E-state index is 12.8. The zero-order valence-electron chi connectivity index (χ0n) is 17.0. The molecule has 0 fully saturated rings. The van der Waals surface area contributed by atoms with Gasteiger partial charge in [-0.3, -0.25) is 9.59 Å². The molecule has 1 aliphatic rings. The fourth-order valence-corrected chi connectivity index (χ4v) is 3.14. The second-order valence-electron chi connectivity index (χ2n) is 7.62. The van der Waals surface area contributed by atoms with Crippen LogP contribution in [0, 0.1) is 6.92 Å². The van der Waals surface area contributed by atoms with Crippen LogP contribution < -0.4 is 10.6 Å². The summed E-state index contributed by atoms with van der Waals surface area (Å²) in [6.45, 7) is 5.80. The maximum Gasteiger partial charge on any atom is 0.265 e. The highest BCUT2D eigenvalue weighted by molar-refractivity contribution is 6.04. The van der Waals surface area contributed by atoms with E-state index in [-0.39, 0.29) is 17.9 Å². The van der Waals surface area contributed by atoms with Crippen molar-refractivity contribution in [2.75, 3.05) is 0 Å². The molecule has 2 amide bonds. The number of nitrogens with one attached hydrogen (secondary N) is 2. The van der Waals surface area contributed by atoms with E-state index < -0.39 is 12.1 Å². The first-order valence-electron chi connectivity index (χ1n) is 9.87. The Morgan fingerprint density at radius 1 is 1.07 bits per heavy atom.